The highest BCUT2D eigenvalue weighted by atomic mass is 16.6. The molecule has 1 saturated heterocycles. The first-order chi connectivity index (χ1) is 17.6. The molecule has 5 rings (SSSR count). The van der Waals surface area contributed by atoms with Gasteiger partial charge < -0.3 is 19.1 Å². The van der Waals surface area contributed by atoms with Crippen LogP contribution in [0.2, 0.25) is 0 Å². The van der Waals surface area contributed by atoms with E-state index in [1.54, 1.807) is 0 Å². The maximum Gasteiger partial charge on any atom is 0.226 e. The number of hydrogen-bond acceptors (Lipinski definition) is 6. The monoisotopic (exact) mass is 493 g/mol. The molecule has 0 aliphatic carbocycles. The number of likely N-dealkylation sites (tertiary alicyclic amines) is 1. The molecule has 0 unspecified atom stereocenters. The Morgan fingerprint density at radius 1 is 0.861 bits per heavy atom. The quantitative estimate of drug-likeness (QED) is 0.583. The molecule has 0 saturated carbocycles. The van der Waals surface area contributed by atoms with Crippen molar-refractivity contribution in [3.8, 4) is 17.2 Å². The molecule has 3 aliphatic rings. The van der Waals surface area contributed by atoms with Gasteiger partial charge in [0, 0.05) is 51.4 Å². The van der Waals surface area contributed by atoms with E-state index in [0.717, 1.165) is 82.4 Å². The summed E-state index contributed by atoms with van der Waals surface area (Å²) in [6.45, 7) is 12.9. The number of piperidine rings is 1. The van der Waals surface area contributed by atoms with Gasteiger partial charge in [0.15, 0.2) is 11.5 Å². The summed E-state index contributed by atoms with van der Waals surface area (Å²) in [7, 11) is 0. The molecule has 2 aromatic carbocycles. The Morgan fingerprint density at radius 3 is 2.36 bits per heavy atom. The van der Waals surface area contributed by atoms with Crippen molar-refractivity contribution >= 4 is 5.91 Å². The molecule has 1 amide bonds. The number of ether oxygens (including phenoxy) is 3. The summed E-state index contributed by atoms with van der Waals surface area (Å²) in [5, 5.41) is 0. The van der Waals surface area contributed by atoms with Gasteiger partial charge in [0.25, 0.3) is 0 Å². The first kappa shape index (κ1) is 24.9. The van der Waals surface area contributed by atoms with Crippen LogP contribution in [-0.2, 0) is 24.4 Å². The molecule has 3 aliphatic heterocycles. The van der Waals surface area contributed by atoms with Crippen molar-refractivity contribution in [3.05, 3.63) is 53.1 Å². The fourth-order valence-corrected chi connectivity index (χ4v) is 5.63. The second kappa shape index (κ2) is 11.5. The lowest BCUT2D eigenvalue weighted by Gasteiger charge is -2.34. The summed E-state index contributed by atoms with van der Waals surface area (Å²) in [5.74, 6) is 3.08. The molecular weight excluding hydrogens is 454 g/mol. The molecule has 7 nitrogen and oxygen atoms in total. The van der Waals surface area contributed by atoms with Gasteiger partial charge in [-0.15, -0.1) is 0 Å². The van der Waals surface area contributed by atoms with Crippen LogP contribution >= 0.6 is 0 Å². The summed E-state index contributed by atoms with van der Waals surface area (Å²) in [6.07, 6.45) is 2.08. The fraction of sp³-hybridized carbons (Fsp3) is 0.552. The van der Waals surface area contributed by atoms with E-state index in [0.29, 0.717) is 25.7 Å². The number of carbonyl (C=O) groups is 1. The minimum Gasteiger partial charge on any atom is -0.492 e. The van der Waals surface area contributed by atoms with Crippen molar-refractivity contribution in [1.29, 1.82) is 0 Å². The molecule has 0 radical (unpaired) electrons. The Bertz CT molecular complexity index is 1050. The highest BCUT2D eigenvalue weighted by Gasteiger charge is 2.28. The first-order valence-electron chi connectivity index (χ1n) is 13.5. The number of nitrogens with zero attached hydrogens (tertiary/aromatic N) is 3. The Balaban J connectivity index is 1.23. The van der Waals surface area contributed by atoms with Crippen LogP contribution < -0.4 is 14.2 Å². The van der Waals surface area contributed by atoms with Crippen molar-refractivity contribution in [1.82, 2.24) is 14.7 Å². The molecule has 36 heavy (non-hydrogen) atoms. The van der Waals surface area contributed by atoms with Gasteiger partial charge in [0.1, 0.15) is 25.6 Å². The molecule has 0 N–H and O–H groups in total. The topological polar surface area (TPSA) is 54.5 Å². The van der Waals surface area contributed by atoms with Crippen LogP contribution in [0.3, 0.4) is 0 Å². The maximum absolute atomic E-state index is 12.9. The third-order valence-electron chi connectivity index (χ3n) is 7.53. The normalized spacial score (nSPS) is 20.2. The SMILES string of the molecule is CCN(CC)C(=O)[C@H]1CCCN(Cc2ccc3c(c2)CN(Cc2ccc4c(c2)OCCO4)CCO3)C1. The predicted octanol–water partition coefficient (Wildman–Crippen LogP) is 3.93. The molecular formula is C29H39N3O4. The van der Waals surface area contributed by atoms with E-state index in [9.17, 15) is 4.79 Å². The van der Waals surface area contributed by atoms with E-state index >= 15 is 0 Å². The standard InChI is InChI=1S/C29H39N3O4/c1-3-32(4-2)29(33)24-6-5-11-30(20-24)18-22-7-9-26-25(16-22)21-31(12-13-34-26)19-23-8-10-27-28(17-23)36-15-14-35-27/h7-10,16-17,24H,3-6,11-15,18-21H2,1-2H3/t24-/m0/s1. The first-order valence-corrected chi connectivity index (χ1v) is 13.5. The molecule has 3 heterocycles. The van der Waals surface area contributed by atoms with Crippen molar-refractivity contribution < 1.29 is 19.0 Å². The number of benzene rings is 2. The molecule has 0 bridgehead atoms. The summed E-state index contributed by atoms with van der Waals surface area (Å²) in [4.78, 5) is 19.8. The van der Waals surface area contributed by atoms with Gasteiger partial charge in [-0.3, -0.25) is 14.6 Å². The Morgan fingerprint density at radius 2 is 1.56 bits per heavy atom. The van der Waals surface area contributed by atoms with Crippen molar-refractivity contribution in [2.45, 2.75) is 46.3 Å². The van der Waals surface area contributed by atoms with Gasteiger partial charge in [-0.25, -0.2) is 0 Å². The molecule has 7 heteroatoms. The lowest BCUT2D eigenvalue weighted by molar-refractivity contribution is -0.137. The maximum atomic E-state index is 12.9. The van der Waals surface area contributed by atoms with Gasteiger partial charge in [0.2, 0.25) is 5.91 Å². The van der Waals surface area contributed by atoms with Crippen molar-refractivity contribution in [3.63, 3.8) is 0 Å². The lowest BCUT2D eigenvalue weighted by Crippen LogP contribution is -2.44. The average Bonchev–Trinajstić information content (AvgIpc) is 3.10. The highest BCUT2D eigenvalue weighted by molar-refractivity contribution is 5.79. The average molecular weight is 494 g/mol. The minimum absolute atomic E-state index is 0.115. The van der Waals surface area contributed by atoms with Crippen LogP contribution in [0.4, 0.5) is 0 Å². The van der Waals surface area contributed by atoms with Crippen LogP contribution in [0.15, 0.2) is 36.4 Å². The molecule has 1 atom stereocenters. The molecule has 0 aromatic heterocycles. The Hall–Kier alpha value is -2.77. The van der Waals surface area contributed by atoms with Crippen LogP contribution in [0.1, 0.15) is 43.4 Å². The van der Waals surface area contributed by atoms with Gasteiger partial charge in [-0.1, -0.05) is 12.1 Å². The molecule has 0 spiro atoms. The largest absolute Gasteiger partial charge is 0.492 e. The third-order valence-corrected chi connectivity index (χ3v) is 7.53. The number of carbonyl (C=O) groups excluding carboxylic acids is 1. The van der Waals surface area contributed by atoms with Gasteiger partial charge in [-0.2, -0.15) is 0 Å². The fourth-order valence-electron chi connectivity index (χ4n) is 5.63. The van der Waals surface area contributed by atoms with Crippen LogP contribution in [0.5, 0.6) is 17.2 Å². The number of fused-ring (bicyclic) bond motifs is 2. The number of rotatable bonds is 7. The summed E-state index contributed by atoms with van der Waals surface area (Å²) in [6, 6.07) is 12.9. The number of amides is 1. The Kier molecular flexibility index (Phi) is 7.97. The van der Waals surface area contributed by atoms with E-state index in [-0.39, 0.29) is 5.92 Å². The van der Waals surface area contributed by atoms with E-state index in [2.05, 4.69) is 54.0 Å². The predicted molar refractivity (Wildman–Crippen MR) is 139 cm³/mol. The summed E-state index contributed by atoms with van der Waals surface area (Å²) >= 11 is 0. The summed E-state index contributed by atoms with van der Waals surface area (Å²) < 4.78 is 17.5. The van der Waals surface area contributed by atoms with Gasteiger partial charge in [0.05, 0.1) is 5.92 Å². The zero-order chi connectivity index (χ0) is 24.9. The van der Waals surface area contributed by atoms with Crippen LogP contribution in [0.25, 0.3) is 0 Å². The van der Waals surface area contributed by atoms with E-state index < -0.39 is 0 Å². The van der Waals surface area contributed by atoms with E-state index in [1.807, 2.05) is 11.0 Å². The zero-order valence-corrected chi connectivity index (χ0v) is 21.7. The Labute approximate surface area is 214 Å². The van der Waals surface area contributed by atoms with E-state index in [1.165, 1.54) is 16.7 Å². The lowest BCUT2D eigenvalue weighted by atomic mass is 9.95. The van der Waals surface area contributed by atoms with Crippen LogP contribution in [0, 0.1) is 5.92 Å². The van der Waals surface area contributed by atoms with Crippen molar-refractivity contribution in [2.75, 3.05) is 52.5 Å². The molecule has 1 fully saturated rings. The second-order valence-corrected chi connectivity index (χ2v) is 10.1. The summed E-state index contributed by atoms with van der Waals surface area (Å²) in [5.41, 5.74) is 3.74. The van der Waals surface area contributed by atoms with Crippen LogP contribution in [-0.4, -0.2) is 73.2 Å². The zero-order valence-electron chi connectivity index (χ0n) is 21.7. The second-order valence-electron chi connectivity index (χ2n) is 10.1. The van der Waals surface area contributed by atoms with E-state index in [4.69, 9.17) is 14.2 Å². The highest BCUT2D eigenvalue weighted by Crippen LogP contribution is 2.32. The van der Waals surface area contributed by atoms with Gasteiger partial charge >= 0.3 is 0 Å². The molecule has 194 valence electrons. The van der Waals surface area contributed by atoms with Gasteiger partial charge in [-0.05, 0) is 68.6 Å². The smallest absolute Gasteiger partial charge is 0.226 e. The third kappa shape index (κ3) is 5.79. The van der Waals surface area contributed by atoms with Crippen molar-refractivity contribution in [2.24, 2.45) is 5.92 Å². The molecule has 2 aromatic rings. The number of hydrogen-bond donors (Lipinski definition) is 0. The minimum atomic E-state index is 0.115.